The summed E-state index contributed by atoms with van der Waals surface area (Å²) in [6.07, 6.45) is 0. The predicted molar refractivity (Wildman–Crippen MR) is 56.8 cm³/mol. The smallest absolute Gasteiger partial charge is 0.240 e. The molecule has 0 radical (unpaired) electrons. The van der Waals surface area contributed by atoms with E-state index in [4.69, 9.17) is 11.5 Å². The lowest BCUT2D eigenvalue weighted by atomic mass is 10.2. The van der Waals surface area contributed by atoms with E-state index in [-0.39, 0.29) is 11.5 Å². The highest BCUT2D eigenvalue weighted by Crippen LogP contribution is 1.90. The number of amides is 2. The van der Waals surface area contributed by atoms with Gasteiger partial charge < -0.3 is 16.8 Å². The van der Waals surface area contributed by atoms with Gasteiger partial charge in [0, 0.05) is 11.5 Å². The van der Waals surface area contributed by atoms with Crippen LogP contribution in [-0.2, 0) is 9.59 Å². The van der Waals surface area contributed by atoms with Gasteiger partial charge in [-0.1, -0.05) is 0 Å². The molecule has 2 amide bonds. The highest BCUT2D eigenvalue weighted by atomic mass is 32.1. The van der Waals surface area contributed by atoms with Crippen LogP contribution >= 0.6 is 25.3 Å². The maximum Gasteiger partial charge on any atom is 0.240 e. The van der Waals surface area contributed by atoms with Crippen molar-refractivity contribution in [3.63, 3.8) is 0 Å². The highest BCUT2D eigenvalue weighted by Gasteiger charge is 2.19. The van der Waals surface area contributed by atoms with E-state index in [1.807, 2.05) is 0 Å². The Morgan fingerprint density at radius 3 is 2.15 bits per heavy atom. The lowest BCUT2D eigenvalue weighted by Gasteiger charge is -2.15. The van der Waals surface area contributed by atoms with Crippen molar-refractivity contribution in [2.75, 3.05) is 11.5 Å². The molecule has 0 saturated carbocycles. The van der Waals surface area contributed by atoms with E-state index in [0.29, 0.717) is 0 Å². The number of hydrogen-bond donors (Lipinski definition) is 5. The summed E-state index contributed by atoms with van der Waals surface area (Å²) < 4.78 is 0. The van der Waals surface area contributed by atoms with Crippen LogP contribution in [0, 0.1) is 0 Å². The first-order valence-electron chi connectivity index (χ1n) is 3.60. The lowest BCUT2D eigenvalue weighted by Crippen LogP contribution is -2.51. The van der Waals surface area contributed by atoms with Gasteiger partial charge in [-0.25, -0.2) is 0 Å². The van der Waals surface area contributed by atoms with Crippen molar-refractivity contribution in [1.82, 2.24) is 5.32 Å². The summed E-state index contributed by atoms with van der Waals surface area (Å²) >= 11 is 7.69. The quantitative estimate of drug-likeness (QED) is 0.354. The summed E-state index contributed by atoms with van der Waals surface area (Å²) in [7, 11) is 0. The summed E-state index contributed by atoms with van der Waals surface area (Å²) in [5.41, 5.74) is 10.3. The average Bonchev–Trinajstić information content (AvgIpc) is 2.11. The van der Waals surface area contributed by atoms with E-state index in [9.17, 15) is 9.59 Å². The molecule has 13 heavy (non-hydrogen) atoms. The van der Waals surface area contributed by atoms with Crippen LogP contribution in [0.3, 0.4) is 0 Å². The number of rotatable bonds is 5. The first-order chi connectivity index (χ1) is 6.02. The molecule has 7 heteroatoms. The van der Waals surface area contributed by atoms with Crippen molar-refractivity contribution in [2.24, 2.45) is 11.5 Å². The van der Waals surface area contributed by atoms with Crippen LogP contribution in [0.2, 0.25) is 0 Å². The number of thiol groups is 2. The first kappa shape index (κ1) is 12.6. The molecule has 0 fully saturated rings. The Hall–Kier alpha value is -0.400. The molecule has 0 rings (SSSR count). The number of nitrogens with two attached hydrogens (primary N) is 2. The van der Waals surface area contributed by atoms with Crippen molar-refractivity contribution in [1.29, 1.82) is 0 Å². The minimum atomic E-state index is -0.776. The summed E-state index contributed by atoms with van der Waals surface area (Å²) in [4.78, 5) is 21.8. The molecule has 0 aromatic rings. The van der Waals surface area contributed by atoms with Crippen molar-refractivity contribution in [3.05, 3.63) is 0 Å². The molecule has 0 aliphatic heterocycles. The van der Waals surface area contributed by atoms with Crippen LogP contribution < -0.4 is 16.8 Å². The SMILES string of the molecule is NC(=O)C(CS)NC(=O)C(N)CS. The third-order valence-corrected chi connectivity index (χ3v) is 2.13. The summed E-state index contributed by atoms with van der Waals surface area (Å²) in [5, 5.41) is 2.35. The van der Waals surface area contributed by atoms with Crippen molar-refractivity contribution >= 4 is 37.1 Å². The number of primary amides is 1. The third-order valence-electron chi connectivity index (χ3n) is 1.38. The van der Waals surface area contributed by atoms with E-state index in [1.54, 1.807) is 0 Å². The van der Waals surface area contributed by atoms with Crippen molar-refractivity contribution in [3.8, 4) is 0 Å². The number of carbonyl (C=O) groups excluding carboxylic acids is 2. The molecule has 0 saturated heterocycles. The molecule has 0 heterocycles. The van der Waals surface area contributed by atoms with Crippen LogP contribution in [0.5, 0.6) is 0 Å². The molecule has 5 N–H and O–H groups in total. The monoisotopic (exact) mass is 223 g/mol. The zero-order valence-electron chi connectivity index (χ0n) is 6.93. The summed E-state index contributed by atoms with van der Waals surface area (Å²) in [5.74, 6) is -0.716. The standard InChI is InChI=1S/C6H13N3O2S2/c7-3(1-12)6(11)9-4(2-13)5(8)10/h3-4,12-13H,1-2,7H2,(H2,8,10)(H,9,11). The lowest BCUT2D eigenvalue weighted by molar-refractivity contribution is -0.127. The Morgan fingerprint density at radius 2 is 1.85 bits per heavy atom. The zero-order valence-corrected chi connectivity index (χ0v) is 8.72. The van der Waals surface area contributed by atoms with Gasteiger partial charge in [0.2, 0.25) is 11.8 Å². The molecule has 0 aromatic heterocycles. The van der Waals surface area contributed by atoms with E-state index >= 15 is 0 Å². The maximum absolute atomic E-state index is 11.1. The van der Waals surface area contributed by atoms with Crippen LogP contribution in [0.25, 0.3) is 0 Å². The fraction of sp³-hybridized carbons (Fsp3) is 0.667. The van der Waals surface area contributed by atoms with Gasteiger partial charge in [-0.05, 0) is 0 Å². The second-order valence-electron chi connectivity index (χ2n) is 2.44. The third kappa shape index (κ3) is 4.39. The normalized spacial score (nSPS) is 14.7. The van der Waals surface area contributed by atoms with Gasteiger partial charge in [0.05, 0.1) is 6.04 Å². The van der Waals surface area contributed by atoms with Gasteiger partial charge in [-0.15, -0.1) is 0 Å². The molecule has 0 spiro atoms. The van der Waals surface area contributed by atoms with Crippen molar-refractivity contribution in [2.45, 2.75) is 12.1 Å². The van der Waals surface area contributed by atoms with E-state index in [2.05, 4.69) is 30.6 Å². The van der Waals surface area contributed by atoms with Gasteiger partial charge in [0.1, 0.15) is 6.04 Å². The Morgan fingerprint density at radius 1 is 1.31 bits per heavy atom. The molecule has 2 atom stereocenters. The number of nitrogens with one attached hydrogen (secondary N) is 1. The van der Waals surface area contributed by atoms with Gasteiger partial charge in [0.25, 0.3) is 0 Å². The topological polar surface area (TPSA) is 98.2 Å². The summed E-state index contributed by atoms with van der Waals surface area (Å²) in [6.45, 7) is 0. The second kappa shape index (κ2) is 6.11. The molecule has 2 unspecified atom stereocenters. The zero-order chi connectivity index (χ0) is 10.4. The van der Waals surface area contributed by atoms with Crippen LogP contribution in [0.15, 0.2) is 0 Å². The molecular formula is C6H13N3O2S2. The fourth-order valence-corrected chi connectivity index (χ4v) is 1.01. The van der Waals surface area contributed by atoms with E-state index in [1.165, 1.54) is 0 Å². The Balaban J connectivity index is 4.09. The van der Waals surface area contributed by atoms with Gasteiger partial charge in [-0.3, -0.25) is 9.59 Å². The minimum absolute atomic E-state index is 0.153. The molecular weight excluding hydrogens is 210 g/mol. The molecule has 76 valence electrons. The van der Waals surface area contributed by atoms with Crippen molar-refractivity contribution < 1.29 is 9.59 Å². The van der Waals surface area contributed by atoms with Gasteiger partial charge >= 0.3 is 0 Å². The summed E-state index contributed by atoms with van der Waals surface area (Å²) in [6, 6.07) is -1.51. The average molecular weight is 223 g/mol. The number of hydrogen-bond acceptors (Lipinski definition) is 5. The largest absolute Gasteiger partial charge is 0.368 e. The van der Waals surface area contributed by atoms with E-state index < -0.39 is 23.9 Å². The van der Waals surface area contributed by atoms with E-state index in [0.717, 1.165) is 0 Å². The maximum atomic E-state index is 11.1. The Bertz CT molecular complexity index is 200. The molecule has 0 aliphatic rings. The molecule has 0 bridgehead atoms. The second-order valence-corrected chi connectivity index (χ2v) is 3.17. The molecule has 5 nitrogen and oxygen atoms in total. The van der Waals surface area contributed by atoms with Gasteiger partial charge in [-0.2, -0.15) is 25.3 Å². The molecule has 0 aromatic carbocycles. The van der Waals surface area contributed by atoms with Crippen LogP contribution in [-0.4, -0.2) is 35.4 Å². The Kier molecular flexibility index (Phi) is 5.93. The minimum Gasteiger partial charge on any atom is -0.368 e. The first-order valence-corrected chi connectivity index (χ1v) is 4.86. The predicted octanol–water partition coefficient (Wildman–Crippen LogP) is -1.86. The van der Waals surface area contributed by atoms with Gasteiger partial charge in [0.15, 0.2) is 0 Å². The van der Waals surface area contributed by atoms with Crippen LogP contribution in [0.4, 0.5) is 0 Å². The Labute approximate surface area is 87.4 Å². The van der Waals surface area contributed by atoms with Crippen LogP contribution in [0.1, 0.15) is 0 Å². The molecule has 0 aliphatic carbocycles. The fourth-order valence-electron chi connectivity index (χ4n) is 0.568. The number of carbonyl (C=O) groups is 2. The highest BCUT2D eigenvalue weighted by molar-refractivity contribution is 7.80.